The molecule has 1 N–H and O–H groups in total. The standard InChI is InChI=1S/C24H27FN2O2/c25-21-7-3-18(4-8-21)17-1-5-20(6-2-17)24(12-13-24)26-23(28)29-22-11-16-27-14-9-19(22)10-15-27/h1-8,19,22H,9-16H2,(H,26,28). The van der Waals surface area contributed by atoms with Crippen LogP contribution in [0.25, 0.3) is 11.1 Å². The van der Waals surface area contributed by atoms with Crippen molar-refractivity contribution in [2.75, 3.05) is 19.6 Å². The highest BCUT2D eigenvalue weighted by Crippen LogP contribution is 2.46. The monoisotopic (exact) mass is 394 g/mol. The predicted octanol–water partition coefficient (Wildman–Crippen LogP) is 4.69. The van der Waals surface area contributed by atoms with Crippen LogP contribution in [0.4, 0.5) is 9.18 Å². The summed E-state index contributed by atoms with van der Waals surface area (Å²) in [4.78, 5) is 15.1. The number of carbonyl (C=O) groups is 1. The summed E-state index contributed by atoms with van der Waals surface area (Å²) in [5.74, 6) is 0.272. The molecule has 6 rings (SSSR count). The predicted molar refractivity (Wildman–Crippen MR) is 110 cm³/mol. The molecule has 3 saturated heterocycles. The van der Waals surface area contributed by atoms with Gasteiger partial charge < -0.3 is 15.0 Å². The highest BCUT2D eigenvalue weighted by molar-refractivity contribution is 5.70. The Labute approximate surface area is 171 Å². The van der Waals surface area contributed by atoms with Crippen LogP contribution in [-0.4, -0.2) is 36.7 Å². The van der Waals surface area contributed by atoms with Gasteiger partial charge in [0.1, 0.15) is 11.9 Å². The normalized spacial score (nSPS) is 27.1. The van der Waals surface area contributed by atoms with Crippen molar-refractivity contribution >= 4 is 6.09 Å². The van der Waals surface area contributed by atoms with Crippen LogP contribution in [0.3, 0.4) is 0 Å². The van der Waals surface area contributed by atoms with E-state index in [4.69, 9.17) is 4.74 Å². The number of amides is 1. The van der Waals surface area contributed by atoms with E-state index in [-0.39, 0.29) is 23.6 Å². The lowest BCUT2D eigenvalue weighted by molar-refractivity contribution is 0.0537. The van der Waals surface area contributed by atoms with Crippen LogP contribution in [0.5, 0.6) is 0 Å². The summed E-state index contributed by atoms with van der Waals surface area (Å²) in [6.07, 6.45) is 4.83. The van der Waals surface area contributed by atoms with Crippen molar-refractivity contribution in [3.05, 3.63) is 59.9 Å². The Kier molecular flexibility index (Phi) is 4.78. The van der Waals surface area contributed by atoms with Gasteiger partial charge in [0.25, 0.3) is 0 Å². The van der Waals surface area contributed by atoms with Gasteiger partial charge in [0.15, 0.2) is 0 Å². The molecule has 1 aliphatic carbocycles. The van der Waals surface area contributed by atoms with Gasteiger partial charge in [-0.05, 0) is 79.9 Å². The van der Waals surface area contributed by atoms with Crippen LogP contribution in [0.15, 0.2) is 48.5 Å². The third-order valence-electron chi connectivity index (χ3n) is 6.85. The second kappa shape index (κ2) is 7.45. The highest BCUT2D eigenvalue weighted by atomic mass is 19.1. The number of nitrogens with zero attached hydrogens (tertiary/aromatic N) is 1. The van der Waals surface area contributed by atoms with Gasteiger partial charge in [-0.25, -0.2) is 9.18 Å². The lowest BCUT2D eigenvalue weighted by atomic mass is 9.93. The highest BCUT2D eigenvalue weighted by Gasteiger charge is 2.46. The van der Waals surface area contributed by atoms with Crippen molar-refractivity contribution in [2.24, 2.45) is 5.92 Å². The Morgan fingerprint density at radius 3 is 2.14 bits per heavy atom. The Morgan fingerprint density at radius 2 is 1.52 bits per heavy atom. The van der Waals surface area contributed by atoms with Crippen molar-refractivity contribution in [1.82, 2.24) is 10.2 Å². The van der Waals surface area contributed by atoms with Crippen molar-refractivity contribution in [3.63, 3.8) is 0 Å². The third-order valence-corrected chi connectivity index (χ3v) is 6.85. The second-order valence-corrected chi connectivity index (χ2v) is 8.70. The molecule has 1 unspecified atom stereocenters. The summed E-state index contributed by atoms with van der Waals surface area (Å²) in [5, 5.41) is 3.15. The number of benzene rings is 2. The first-order chi connectivity index (χ1) is 14.1. The molecule has 4 fully saturated rings. The first-order valence-corrected chi connectivity index (χ1v) is 10.7. The number of rotatable bonds is 4. The lowest BCUT2D eigenvalue weighted by Crippen LogP contribution is -2.39. The van der Waals surface area contributed by atoms with Crippen LogP contribution in [0.1, 0.15) is 37.7 Å². The molecular weight excluding hydrogens is 367 g/mol. The van der Waals surface area contributed by atoms with Crippen LogP contribution < -0.4 is 5.32 Å². The molecule has 4 nitrogen and oxygen atoms in total. The van der Waals surface area contributed by atoms with Gasteiger partial charge >= 0.3 is 6.09 Å². The third kappa shape index (κ3) is 3.88. The zero-order chi connectivity index (χ0) is 19.8. The van der Waals surface area contributed by atoms with Gasteiger partial charge in [-0.3, -0.25) is 0 Å². The van der Waals surface area contributed by atoms with E-state index in [0.29, 0.717) is 5.92 Å². The van der Waals surface area contributed by atoms with Crippen molar-refractivity contribution < 1.29 is 13.9 Å². The molecular formula is C24H27FN2O2. The summed E-state index contributed by atoms with van der Waals surface area (Å²) in [5.41, 5.74) is 2.82. The quantitative estimate of drug-likeness (QED) is 0.818. The fourth-order valence-corrected chi connectivity index (χ4v) is 4.85. The minimum atomic E-state index is -0.301. The SMILES string of the molecule is O=C(NC1(c2ccc(-c3ccc(F)cc3)cc2)CC1)OC1CCN2CCC1CC2. The van der Waals surface area contributed by atoms with E-state index in [1.54, 1.807) is 12.1 Å². The van der Waals surface area contributed by atoms with E-state index in [2.05, 4.69) is 22.3 Å². The molecule has 2 aromatic carbocycles. The van der Waals surface area contributed by atoms with Gasteiger partial charge in [-0.15, -0.1) is 0 Å². The average molecular weight is 394 g/mol. The minimum absolute atomic E-state index is 0.0409. The topological polar surface area (TPSA) is 41.6 Å². The first kappa shape index (κ1) is 18.6. The first-order valence-electron chi connectivity index (χ1n) is 10.7. The molecule has 2 bridgehead atoms. The summed E-state index contributed by atoms with van der Waals surface area (Å²) < 4.78 is 19.0. The van der Waals surface area contributed by atoms with Gasteiger partial charge in [0.2, 0.25) is 0 Å². The Bertz CT molecular complexity index is 869. The zero-order valence-corrected chi connectivity index (χ0v) is 16.6. The molecule has 4 aliphatic rings. The number of alkyl carbamates (subject to hydrolysis) is 1. The largest absolute Gasteiger partial charge is 0.446 e. The molecule has 29 heavy (non-hydrogen) atoms. The minimum Gasteiger partial charge on any atom is -0.446 e. The summed E-state index contributed by atoms with van der Waals surface area (Å²) in [6, 6.07) is 14.7. The maximum absolute atomic E-state index is 13.1. The average Bonchev–Trinajstić information content (AvgIpc) is 3.56. The number of piperidine rings is 1. The number of ether oxygens (including phenoxy) is 1. The number of carbonyl (C=O) groups excluding carboxylic acids is 1. The fourth-order valence-electron chi connectivity index (χ4n) is 4.85. The van der Waals surface area contributed by atoms with Crippen molar-refractivity contribution in [2.45, 2.75) is 43.7 Å². The van der Waals surface area contributed by atoms with Gasteiger partial charge in [0, 0.05) is 6.54 Å². The lowest BCUT2D eigenvalue weighted by Gasteiger charge is -2.29. The number of halogens is 1. The molecule has 0 aromatic heterocycles. The number of hydrogen-bond acceptors (Lipinski definition) is 3. The molecule has 1 atom stereocenters. The van der Waals surface area contributed by atoms with Gasteiger partial charge in [-0.2, -0.15) is 0 Å². The molecule has 5 heteroatoms. The fraction of sp³-hybridized carbons (Fsp3) is 0.458. The Morgan fingerprint density at radius 1 is 0.931 bits per heavy atom. The molecule has 2 aromatic rings. The Hall–Kier alpha value is -2.40. The van der Waals surface area contributed by atoms with Crippen molar-refractivity contribution in [1.29, 1.82) is 0 Å². The van der Waals surface area contributed by atoms with E-state index in [9.17, 15) is 9.18 Å². The number of fused-ring (bicyclic) bond motifs is 4. The smallest absolute Gasteiger partial charge is 0.408 e. The van der Waals surface area contributed by atoms with Gasteiger partial charge in [-0.1, -0.05) is 36.4 Å². The summed E-state index contributed by atoms with van der Waals surface area (Å²) >= 11 is 0. The van der Waals surface area contributed by atoms with Crippen LogP contribution in [0.2, 0.25) is 0 Å². The molecule has 0 radical (unpaired) electrons. The molecule has 3 heterocycles. The summed E-state index contributed by atoms with van der Waals surface area (Å²) in [7, 11) is 0. The van der Waals surface area contributed by atoms with E-state index in [1.165, 1.54) is 12.1 Å². The van der Waals surface area contributed by atoms with Gasteiger partial charge in [0.05, 0.1) is 5.54 Å². The van der Waals surface area contributed by atoms with Crippen LogP contribution in [-0.2, 0) is 10.3 Å². The zero-order valence-electron chi connectivity index (χ0n) is 16.6. The maximum Gasteiger partial charge on any atom is 0.408 e. The van der Waals surface area contributed by atoms with Crippen molar-refractivity contribution in [3.8, 4) is 11.1 Å². The molecule has 0 spiro atoms. The molecule has 1 amide bonds. The Balaban J connectivity index is 1.24. The maximum atomic E-state index is 13.1. The number of nitrogens with one attached hydrogen (secondary N) is 1. The molecule has 152 valence electrons. The second-order valence-electron chi connectivity index (χ2n) is 8.70. The van der Waals surface area contributed by atoms with E-state index < -0.39 is 0 Å². The van der Waals surface area contributed by atoms with Crippen LogP contribution >= 0.6 is 0 Å². The van der Waals surface area contributed by atoms with Crippen LogP contribution in [0, 0.1) is 11.7 Å². The summed E-state index contributed by atoms with van der Waals surface area (Å²) in [6.45, 7) is 3.30. The van der Waals surface area contributed by atoms with E-state index >= 15 is 0 Å². The van der Waals surface area contributed by atoms with E-state index in [0.717, 1.165) is 68.4 Å². The molecule has 1 saturated carbocycles. The van der Waals surface area contributed by atoms with E-state index in [1.807, 2.05) is 12.1 Å². The molecule has 3 aliphatic heterocycles. The number of hydrogen-bond donors (Lipinski definition) is 1.